The van der Waals surface area contributed by atoms with Gasteiger partial charge in [-0.1, -0.05) is 30.3 Å². The van der Waals surface area contributed by atoms with Gasteiger partial charge in [0.25, 0.3) is 11.8 Å². The van der Waals surface area contributed by atoms with Crippen LogP contribution in [0.5, 0.6) is 0 Å². The van der Waals surface area contributed by atoms with Gasteiger partial charge in [0.1, 0.15) is 22.6 Å². The summed E-state index contributed by atoms with van der Waals surface area (Å²) in [6, 6.07) is 17.3. The van der Waals surface area contributed by atoms with Gasteiger partial charge >= 0.3 is 12.2 Å². The Bertz CT molecular complexity index is 2540. The summed E-state index contributed by atoms with van der Waals surface area (Å²) in [5.74, 6) is -4.46. The number of nitrogens with one attached hydrogen (secondary N) is 1. The van der Waals surface area contributed by atoms with Gasteiger partial charge in [0.15, 0.2) is 23.3 Å². The highest BCUT2D eigenvalue weighted by Crippen LogP contribution is 2.26. The van der Waals surface area contributed by atoms with Crippen molar-refractivity contribution in [2.45, 2.75) is 65.9 Å². The number of aromatic amines is 1. The number of rotatable bonds is 16. The van der Waals surface area contributed by atoms with Crippen LogP contribution in [-0.4, -0.2) is 163 Å². The second kappa shape index (κ2) is 24.8. The quantitative estimate of drug-likeness (QED) is 0.0759. The third-order valence-corrected chi connectivity index (χ3v) is 11.2. The highest BCUT2D eigenvalue weighted by molar-refractivity contribution is 5.99. The van der Waals surface area contributed by atoms with Crippen molar-refractivity contribution in [1.29, 1.82) is 0 Å². The Morgan fingerprint density at radius 3 is 1.51 bits per heavy atom. The lowest BCUT2D eigenvalue weighted by atomic mass is 10.2. The maximum absolute atomic E-state index is 14.2. The molecule has 2 aromatic heterocycles. The molecule has 71 heavy (non-hydrogen) atoms. The Balaban J connectivity index is 0.000000268. The molecule has 7 rings (SSSR count). The molecule has 2 aliphatic rings. The number of hydrogen-bond acceptors (Lipinski definition) is 10. The molecule has 0 spiro atoms. The minimum absolute atomic E-state index is 0.230. The van der Waals surface area contributed by atoms with Crippen LogP contribution in [-0.2, 0) is 41.6 Å². The molecule has 5 aromatic rings. The van der Waals surface area contributed by atoms with Gasteiger partial charge in [-0.2, -0.15) is 0 Å². The first-order valence-corrected chi connectivity index (χ1v) is 23.6. The second-order valence-electron chi connectivity index (χ2n) is 18.9. The van der Waals surface area contributed by atoms with Gasteiger partial charge in [-0.3, -0.25) is 9.59 Å². The smallest absolute Gasteiger partial charge is 0.410 e. The molecule has 2 saturated heterocycles. The summed E-state index contributed by atoms with van der Waals surface area (Å²) < 4.78 is 89.6. The summed E-state index contributed by atoms with van der Waals surface area (Å²) >= 11 is 0. The number of nitrogens with zero attached hydrogens (tertiary/aromatic N) is 5. The highest BCUT2D eigenvalue weighted by atomic mass is 19.2. The van der Waals surface area contributed by atoms with Crippen molar-refractivity contribution < 1.29 is 65.2 Å². The Hall–Kier alpha value is -6.22. The molecular weight excluding hydrogens is 933 g/mol. The number of ether oxygens (including phenoxy) is 6. The van der Waals surface area contributed by atoms with E-state index in [0.717, 1.165) is 29.8 Å². The number of carbonyl (C=O) groups is 4. The van der Waals surface area contributed by atoms with Crippen LogP contribution in [0.3, 0.4) is 0 Å². The predicted molar refractivity (Wildman–Crippen MR) is 256 cm³/mol. The molecule has 2 aliphatic heterocycles. The Labute approximate surface area is 410 Å². The van der Waals surface area contributed by atoms with E-state index in [9.17, 15) is 36.7 Å². The first-order valence-electron chi connectivity index (χ1n) is 23.6. The molecule has 2 fully saturated rings. The molecule has 0 unspecified atom stereocenters. The summed E-state index contributed by atoms with van der Waals surface area (Å²) in [5.41, 5.74) is 1.25. The summed E-state index contributed by atoms with van der Waals surface area (Å²) in [6.07, 6.45) is -0.825. The number of H-pyrrole nitrogens is 1. The molecule has 0 saturated carbocycles. The maximum Gasteiger partial charge on any atom is 0.410 e. The predicted octanol–water partition coefficient (Wildman–Crippen LogP) is 8.02. The first kappa shape index (κ1) is 54.1. The molecule has 0 atom stereocenters. The Kier molecular flexibility index (Phi) is 18.9. The number of fused-ring (bicyclic) bond motifs is 2. The van der Waals surface area contributed by atoms with E-state index in [1.54, 1.807) is 71.8 Å². The number of aromatic nitrogens is 2. The summed E-state index contributed by atoms with van der Waals surface area (Å²) in [4.78, 5) is 59.8. The summed E-state index contributed by atoms with van der Waals surface area (Å²) in [7, 11) is 0. The molecule has 386 valence electrons. The van der Waals surface area contributed by atoms with E-state index >= 15 is 0 Å². The van der Waals surface area contributed by atoms with Crippen LogP contribution in [0.25, 0.3) is 21.8 Å². The number of hydrogen-bond donors (Lipinski definition) is 1. The summed E-state index contributed by atoms with van der Waals surface area (Å²) in [5, 5.41) is 0.845. The van der Waals surface area contributed by atoms with Crippen LogP contribution in [0, 0.1) is 23.3 Å². The minimum atomic E-state index is -0.994. The molecule has 0 aliphatic carbocycles. The zero-order chi connectivity index (χ0) is 51.3. The molecule has 0 bridgehead atoms. The normalized spacial score (nSPS) is 14.5. The molecule has 1 N–H and O–H groups in total. The molecular formula is C51H64F4N6O10. The largest absolute Gasteiger partial charge is 0.444 e. The fraction of sp³-hybridized carbons (Fsp3) is 0.490. The second-order valence-corrected chi connectivity index (χ2v) is 18.9. The average Bonchev–Trinajstić information content (AvgIpc) is 3.90. The topological polar surface area (TPSA) is 157 Å². The van der Waals surface area contributed by atoms with Crippen LogP contribution >= 0.6 is 0 Å². The standard InChI is InChI=1S/C33H43F2N3O7.C18H21F2N3O3/c1-33(2,3)45-32(40)37-11-9-36(10-12-37)31(39)30-22-26-21-27(34)28(35)23-29(26)38(30)13-14-41-15-16-42-17-18-43-19-20-44-24-25-7-5-4-6-8-25;1-18(2,3)26-17(25)23-6-4-22(5-7-23)16(24)15-9-11-8-12(19)13(20)10-14(11)21-15/h4-8,21-23H,9-20,24H2,1-3H3;8-10,21H,4-7H2,1-3H3. The Morgan fingerprint density at radius 2 is 0.972 bits per heavy atom. The third kappa shape index (κ3) is 15.9. The van der Waals surface area contributed by atoms with E-state index < -0.39 is 46.7 Å². The molecule has 3 aromatic carbocycles. The number of amides is 4. The number of benzene rings is 3. The van der Waals surface area contributed by atoms with Gasteiger partial charge < -0.3 is 57.6 Å². The lowest BCUT2D eigenvalue weighted by molar-refractivity contribution is -0.00474. The van der Waals surface area contributed by atoms with Gasteiger partial charge in [0, 0.05) is 87.3 Å². The first-order chi connectivity index (χ1) is 33.8. The van der Waals surface area contributed by atoms with Crippen molar-refractivity contribution in [3.63, 3.8) is 0 Å². The highest BCUT2D eigenvalue weighted by Gasteiger charge is 2.31. The van der Waals surface area contributed by atoms with Crippen molar-refractivity contribution >= 4 is 45.8 Å². The molecule has 4 amide bonds. The van der Waals surface area contributed by atoms with Crippen molar-refractivity contribution in [2.75, 3.05) is 98.6 Å². The van der Waals surface area contributed by atoms with Crippen molar-refractivity contribution in [3.05, 3.63) is 107 Å². The lowest BCUT2D eigenvalue weighted by Crippen LogP contribution is -2.51. The zero-order valence-electron chi connectivity index (χ0n) is 41.2. The average molecular weight is 997 g/mol. The fourth-order valence-electron chi connectivity index (χ4n) is 7.67. The van der Waals surface area contributed by atoms with Gasteiger partial charge in [-0.15, -0.1) is 0 Å². The van der Waals surface area contributed by atoms with Gasteiger partial charge in [-0.25, -0.2) is 27.2 Å². The van der Waals surface area contributed by atoms with Crippen molar-refractivity contribution in [2.24, 2.45) is 0 Å². The Morgan fingerprint density at radius 1 is 0.521 bits per heavy atom. The van der Waals surface area contributed by atoms with Crippen LogP contribution in [0.2, 0.25) is 0 Å². The third-order valence-electron chi connectivity index (χ3n) is 11.2. The van der Waals surface area contributed by atoms with Crippen LogP contribution in [0.15, 0.2) is 66.7 Å². The van der Waals surface area contributed by atoms with E-state index in [4.69, 9.17) is 28.4 Å². The van der Waals surface area contributed by atoms with Crippen molar-refractivity contribution in [3.8, 4) is 0 Å². The van der Waals surface area contributed by atoms with Crippen LogP contribution in [0.4, 0.5) is 27.2 Å². The lowest BCUT2D eigenvalue weighted by Gasteiger charge is -2.35. The van der Waals surface area contributed by atoms with Gasteiger partial charge in [0.2, 0.25) is 0 Å². The molecule has 4 heterocycles. The molecule has 0 radical (unpaired) electrons. The number of halogens is 4. The number of piperazine rings is 2. The number of carbonyl (C=O) groups excluding carboxylic acids is 4. The van der Waals surface area contributed by atoms with Crippen molar-refractivity contribution in [1.82, 2.24) is 29.2 Å². The van der Waals surface area contributed by atoms with E-state index in [-0.39, 0.29) is 30.7 Å². The zero-order valence-corrected chi connectivity index (χ0v) is 41.2. The van der Waals surface area contributed by atoms with E-state index in [1.807, 2.05) is 30.3 Å². The SMILES string of the molecule is CC(C)(C)OC(=O)N1CCN(C(=O)c2cc3cc(F)c(F)cc3[nH]2)CC1.CC(C)(C)OC(=O)N1CCN(C(=O)c2cc3cc(F)c(F)cc3n2CCOCCOCCOCCOCc2ccccc2)CC1. The van der Waals surface area contributed by atoms with E-state index in [2.05, 4.69) is 4.98 Å². The van der Waals surface area contributed by atoms with Crippen LogP contribution < -0.4 is 0 Å². The molecule has 16 nitrogen and oxygen atoms in total. The van der Waals surface area contributed by atoms with E-state index in [1.165, 1.54) is 6.07 Å². The maximum atomic E-state index is 14.2. The van der Waals surface area contributed by atoms with Gasteiger partial charge in [-0.05, 0) is 71.4 Å². The summed E-state index contributed by atoms with van der Waals surface area (Å²) in [6.45, 7) is 17.0. The fourth-order valence-corrected chi connectivity index (χ4v) is 7.67. The van der Waals surface area contributed by atoms with E-state index in [0.29, 0.717) is 126 Å². The van der Waals surface area contributed by atoms with Crippen LogP contribution in [0.1, 0.15) is 68.1 Å². The minimum Gasteiger partial charge on any atom is -0.444 e. The monoisotopic (exact) mass is 996 g/mol. The van der Waals surface area contributed by atoms with Gasteiger partial charge in [0.05, 0.1) is 58.4 Å². The molecule has 20 heteroatoms.